The van der Waals surface area contributed by atoms with Crippen molar-refractivity contribution in [3.8, 4) is 22.9 Å². The van der Waals surface area contributed by atoms with Crippen molar-refractivity contribution in [2.75, 3.05) is 19.1 Å². The van der Waals surface area contributed by atoms with Gasteiger partial charge in [-0.1, -0.05) is 35.5 Å². The molecule has 188 valence electrons. The number of carbonyl (C=O) groups excluding carboxylic acids is 1. The SMILES string of the molecule is COc1cccc(-c2noc(C3=C(C)N(c4ccc(C)c(C)c4)C(=O)NC3c3cccc(OC)c3)n2)c1. The van der Waals surface area contributed by atoms with Crippen LogP contribution in [0, 0.1) is 13.8 Å². The van der Waals surface area contributed by atoms with Crippen LogP contribution in [0.4, 0.5) is 10.5 Å². The Hall–Kier alpha value is -4.59. The fraction of sp³-hybridized carbons (Fsp3) is 0.207. The molecule has 4 aromatic rings. The van der Waals surface area contributed by atoms with E-state index in [-0.39, 0.29) is 6.03 Å². The molecule has 8 nitrogen and oxygen atoms in total. The molecule has 0 saturated heterocycles. The van der Waals surface area contributed by atoms with Gasteiger partial charge in [0.1, 0.15) is 11.5 Å². The number of carbonyl (C=O) groups is 1. The Bertz CT molecular complexity index is 1510. The smallest absolute Gasteiger partial charge is 0.326 e. The minimum absolute atomic E-state index is 0.246. The molecule has 8 heteroatoms. The number of benzene rings is 3. The number of hydrogen-bond acceptors (Lipinski definition) is 6. The largest absolute Gasteiger partial charge is 0.497 e. The normalized spacial score (nSPS) is 15.5. The van der Waals surface area contributed by atoms with E-state index in [2.05, 4.69) is 10.5 Å². The van der Waals surface area contributed by atoms with Crippen molar-refractivity contribution in [3.63, 3.8) is 0 Å². The van der Waals surface area contributed by atoms with Crippen LogP contribution in [0.2, 0.25) is 0 Å². The summed E-state index contributed by atoms with van der Waals surface area (Å²) in [5.74, 6) is 2.12. The number of ether oxygens (including phenoxy) is 2. The van der Waals surface area contributed by atoms with Crippen LogP contribution in [-0.4, -0.2) is 30.4 Å². The Labute approximate surface area is 215 Å². The van der Waals surface area contributed by atoms with E-state index in [1.54, 1.807) is 19.1 Å². The molecule has 0 spiro atoms. The van der Waals surface area contributed by atoms with Crippen LogP contribution in [0.5, 0.6) is 11.5 Å². The lowest BCUT2D eigenvalue weighted by molar-refractivity contribution is 0.244. The summed E-state index contributed by atoms with van der Waals surface area (Å²) in [6.45, 7) is 5.96. The molecule has 1 N–H and O–H groups in total. The molecule has 1 aromatic heterocycles. The minimum Gasteiger partial charge on any atom is -0.497 e. The molecule has 5 rings (SSSR count). The number of hydrogen-bond donors (Lipinski definition) is 1. The molecule has 1 aliphatic rings. The van der Waals surface area contributed by atoms with Gasteiger partial charge in [-0.25, -0.2) is 4.79 Å². The van der Waals surface area contributed by atoms with Gasteiger partial charge in [-0.05, 0) is 73.9 Å². The zero-order valence-electron chi connectivity index (χ0n) is 21.4. The van der Waals surface area contributed by atoms with E-state index in [0.29, 0.717) is 34.5 Å². The van der Waals surface area contributed by atoms with Crippen LogP contribution < -0.4 is 19.7 Å². The van der Waals surface area contributed by atoms with Gasteiger partial charge in [0.15, 0.2) is 0 Å². The van der Waals surface area contributed by atoms with Crippen molar-refractivity contribution < 1.29 is 18.8 Å². The summed E-state index contributed by atoms with van der Waals surface area (Å²) in [6.07, 6.45) is 0. The first-order valence-electron chi connectivity index (χ1n) is 11.9. The van der Waals surface area contributed by atoms with Gasteiger partial charge in [-0.3, -0.25) is 4.90 Å². The topological polar surface area (TPSA) is 89.7 Å². The summed E-state index contributed by atoms with van der Waals surface area (Å²) in [5.41, 5.74) is 5.99. The van der Waals surface area contributed by atoms with Gasteiger partial charge in [0, 0.05) is 11.3 Å². The fourth-order valence-corrected chi connectivity index (χ4v) is 4.48. The second-order valence-corrected chi connectivity index (χ2v) is 8.92. The first-order valence-corrected chi connectivity index (χ1v) is 11.9. The zero-order valence-corrected chi connectivity index (χ0v) is 21.4. The number of nitrogens with one attached hydrogen (secondary N) is 1. The summed E-state index contributed by atoms with van der Waals surface area (Å²) >= 11 is 0. The number of methoxy groups -OCH3 is 2. The molecule has 0 bridgehead atoms. The molecule has 2 amide bonds. The first-order chi connectivity index (χ1) is 17.9. The molecule has 0 radical (unpaired) electrons. The first kappa shape index (κ1) is 24.1. The lowest BCUT2D eigenvalue weighted by atomic mass is 9.94. The van der Waals surface area contributed by atoms with Crippen molar-refractivity contribution in [2.45, 2.75) is 26.8 Å². The number of allylic oxidation sites excluding steroid dienone is 1. The standard InChI is InChI=1S/C29H28N4O4/c1-17-12-13-22(14-18(17)2)33-19(3)25(26(30-29(33)34)20-8-6-10-23(15-20)35-4)28-31-27(32-37-28)21-9-7-11-24(16-21)36-5/h6-16,26H,1-5H3,(H,30,34). The number of amides is 2. The second kappa shape index (κ2) is 9.81. The molecule has 0 fully saturated rings. The van der Waals surface area contributed by atoms with E-state index in [1.807, 2.05) is 87.5 Å². The number of nitrogens with zero attached hydrogens (tertiary/aromatic N) is 3. The van der Waals surface area contributed by atoms with Gasteiger partial charge in [-0.2, -0.15) is 4.98 Å². The predicted octanol–water partition coefficient (Wildman–Crippen LogP) is 6.07. The molecule has 0 aliphatic carbocycles. The fourth-order valence-electron chi connectivity index (χ4n) is 4.48. The van der Waals surface area contributed by atoms with Crippen LogP contribution in [0.25, 0.3) is 17.0 Å². The number of anilines is 1. The van der Waals surface area contributed by atoms with Crippen LogP contribution in [0.15, 0.2) is 77.0 Å². The van der Waals surface area contributed by atoms with Gasteiger partial charge < -0.3 is 19.3 Å². The maximum atomic E-state index is 13.5. The van der Waals surface area contributed by atoms with Crippen LogP contribution in [0.1, 0.15) is 35.5 Å². The van der Waals surface area contributed by atoms with E-state index in [0.717, 1.165) is 27.9 Å². The van der Waals surface area contributed by atoms with Crippen LogP contribution in [-0.2, 0) is 0 Å². The van der Waals surface area contributed by atoms with Crippen molar-refractivity contribution >= 4 is 17.3 Å². The average molecular weight is 497 g/mol. The third-order valence-electron chi connectivity index (χ3n) is 6.64. The van der Waals surface area contributed by atoms with Gasteiger partial charge in [0.05, 0.1) is 31.5 Å². The molecule has 0 saturated carbocycles. The van der Waals surface area contributed by atoms with E-state index < -0.39 is 6.04 Å². The van der Waals surface area contributed by atoms with E-state index in [9.17, 15) is 4.79 Å². The molecule has 3 aromatic carbocycles. The molecule has 1 atom stereocenters. The Morgan fingerprint density at radius 3 is 2.35 bits per heavy atom. The van der Waals surface area contributed by atoms with Crippen molar-refractivity contribution in [2.24, 2.45) is 0 Å². The Morgan fingerprint density at radius 1 is 0.892 bits per heavy atom. The van der Waals surface area contributed by atoms with Crippen molar-refractivity contribution in [1.82, 2.24) is 15.5 Å². The zero-order chi connectivity index (χ0) is 26.1. The monoisotopic (exact) mass is 496 g/mol. The van der Waals surface area contributed by atoms with Crippen LogP contribution >= 0.6 is 0 Å². The quantitative estimate of drug-likeness (QED) is 0.348. The van der Waals surface area contributed by atoms with Crippen molar-refractivity contribution in [1.29, 1.82) is 0 Å². The molecular weight excluding hydrogens is 468 g/mol. The lowest BCUT2D eigenvalue weighted by Gasteiger charge is -2.35. The molecule has 2 heterocycles. The van der Waals surface area contributed by atoms with E-state index in [4.69, 9.17) is 19.0 Å². The molecule has 1 unspecified atom stereocenters. The highest BCUT2D eigenvalue weighted by molar-refractivity contribution is 6.01. The summed E-state index contributed by atoms with van der Waals surface area (Å²) in [5, 5.41) is 7.38. The second-order valence-electron chi connectivity index (χ2n) is 8.92. The Balaban J connectivity index is 1.66. The average Bonchev–Trinajstić information content (AvgIpc) is 3.40. The van der Waals surface area contributed by atoms with Gasteiger partial charge in [0.2, 0.25) is 5.82 Å². The predicted molar refractivity (Wildman–Crippen MR) is 142 cm³/mol. The molecule has 1 aliphatic heterocycles. The van der Waals surface area contributed by atoms with E-state index in [1.165, 1.54) is 0 Å². The summed E-state index contributed by atoms with van der Waals surface area (Å²) in [4.78, 5) is 19.9. The minimum atomic E-state index is -0.524. The number of rotatable bonds is 6. The summed E-state index contributed by atoms with van der Waals surface area (Å²) in [6, 6.07) is 20.2. The van der Waals surface area contributed by atoms with Crippen LogP contribution in [0.3, 0.4) is 0 Å². The third-order valence-corrected chi connectivity index (χ3v) is 6.64. The number of urea groups is 1. The highest BCUT2D eigenvalue weighted by Gasteiger charge is 2.36. The highest BCUT2D eigenvalue weighted by Crippen LogP contribution is 2.40. The molecular formula is C29H28N4O4. The van der Waals surface area contributed by atoms with Crippen molar-refractivity contribution in [3.05, 3.63) is 95.0 Å². The number of aromatic nitrogens is 2. The highest BCUT2D eigenvalue weighted by atomic mass is 16.5. The summed E-state index contributed by atoms with van der Waals surface area (Å²) in [7, 11) is 3.22. The van der Waals surface area contributed by atoms with Gasteiger partial charge >= 0.3 is 6.03 Å². The third kappa shape index (κ3) is 4.53. The lowest BCUT2D eigenvalue weighted by Crippen LogP contribution is -2.46. The van der Waals surface area contributed by atoms with Gasteiger partial charge in [0.25, 0.3) is 5.89 Å². The Morgan fingerprint density at radius 2 is 1.62 bits per heavy atom. The maximum Gasteiger partial charge on any atom is 0.326 e. The number of aryl methyl sites for hydroxylation is 2. The Kier molecular flexibility index (Phi) is 6.40. The van der Waals surface area contributed by atoms with Gasteiger partial charge in [-0.15, -0.1) is 0 Å². The molecule has 37 heavy (non-hydrogen) atoms. The van der Waals surface area contributed by atoms with E-state index >= 15 is 0 Å². The summed E-state index contributed by atoms with van der Waals surface area (Å²) < 4.78 is 16.6. The maximum absolute atomic E-state index is 13.5.